The number of carboxylic acids is 1. The molecule has 0 aromatic carbocycles. The molecule has 5 nitrogen and oxygen atoms in total. The number of carboxylic acid groups (broad SMARTS) is 1. The lowest BCUT2D eigenvalue weighted by molar-refractivity contribution is 0.0700. The van der Waals surface area contributed by atoms with E-state index in [1.165, 1.54) is 11.3 Å². The minimum absolute atomic E-state index is 0.247. The van der Waals surface area contributed by atoms with E-state index in [9.17, 15) is 9.90 Å². The van der Waals surface area contributed by atoms with Crippen LogP contribution in [0.15, 0.2) is 0 Å². The van der Waals surface area contributed by atoms with Gasteiger partial charge in [-0.25, -0.2) is 9.78 Å². The number of nitrogens with zero attached hydrogens (tertiary/aromatic N) is 2. The van der Waals surface area contributed by atoms with Crippen molar-refractivity contribution in [1.82, 2.24) is 4.98 Å². The fourth-order valence-electron chi connectivity index (χ4n) is 2.25. The third-order valence-electron chi connectivity index (χ3n) is 3.20. The number of likely N-dealkylation sites (N-methyl/N-ethyl adjacent to an activating group) is 1. The van der Waals surface area contributed by atoms with Crippen LogP contribution < -0.4 is 4.90 Å². The highest BCUT2D eigenvalue weighted by Crippen LogP contribution is 2.27. The minimum atomic E-state index is -0.877. The summed E-state index contributed by atoms with van der Waals surface area (Å²) < 4.78 is 5.60. The van der Waals surface area contributed by atoms with Crippen molar-refractivity contribution < 1.29 is 14.6 Å². The summed E-state index contributed by atoms with van der Waals surface area (Å²) in [5.74, 6) is -0.877. The molecule has 1 atom stereocenters. The minimum Gasteiger partial charge on any atom is -0.477 e. The Labute approximate surface area is 117 Å². The molecular formula is C13H20N2O3S. The molecule has 0 amide bonds. The second kappa shape index (κ2) is 6.34. The quantitative estimate of drug-likeness (QED) is 0.869. The van der Waals surface area contributed by atoms with Gasteiger partial charge in [-0.2, -0.15) is 0 Å². The zero-order valence-corrected chi connectivity index (χ0v) is 12.2. The van der Waals surface area contributed by atoms with E-state index in [4.69, 9.17) is 4.74 Å². The summed E-state index contributed by atoms with van der Waals surface area (Å²) in [6, 6.07) is 0. The Morgan fingerprint density at radius 1 is 1.63 bits per heavy atom. The SMILES string of the molecule is CCCc1nc(N(C)CC2CCCO2)sc1C(=O)O. The highest BCUT2D eigenvalue weighted by molar-refractivity contribution is 7.17. The van der Waals surface area contributed by atoms with E-state index in [1.807, 2.05) is 18.9 Å². The predicted molar refractivity (Wildman–Crippen MR) is 75.3 cm³/mol. The number of carbonyl (C=O) groups is 1. The van der Waals surface area contributed by atoms with Crippen LogP contribution >= 0.6 is 11.3 Å². The van der Waals surface area contributed by atoms with Gasteiger partial charge in [-0.05, 0) is 19.3 Å². The highest BCUT2D eigenvalue weighted by Gasteiger charge is 2.22. The summed E-state index contributed by atoms with van der Waals surface area (Å²) in [5.41, 5.74) is 0.703. The molecule has 0 aliphatic carbocycles. The van der Waals surface area contributed by atoms with Gasteiger partial charge in [0.25, 0.3) is 0 Å². The van der Waals surface area contributed by atoms with Crippen LogP contribution in [0.3, 0.4) is 0 Å². The molecule has 19 heavy (non-hydrogen) atoms. The number of hydrogen-bond donors (Lipinski definition) is 1. The molecule has 1 saturated heterocycles. The first-order valence-electron chi connectivity index (χ1n) is 6.67. The van der Waals surface area contributed by atoms with Crippen LogP contribution in [0.5, 0.6) is 0 Å². The third kappa shape index (κ3) is 3.45. The van der Waals surface area contributed by atoms with Crippen molar-refractivity contribution in [3.8, 4) is 0 Å². The number of anilines is 1. The number of aromatic nitrogens is 1. The molecule has 0 radical (unpaired) electrons. The standard InChI is InChI=1S/C13H20N2O3S/c1-3-5-10-11(12(16)17)19-13(14-10)15(2)8-9-6-4-7-18-9/h9H,3-8H2,1-2H3,(H,16,17). The lowest BCUT2D eigenvalue weighted by Gasteiger charge is -2.19. The number of aryl methyl sites for hydroxylation is 1. The van der Waals surface area contributed by atoms with Crippen LogP contribution in [0.2, 0.25) is 0 Å². The van der Waals surface area contributed by atoms with Crippen molar-refractivity contribution >= 4 is 22.4 Å². The van der Waals surface area contributed by atoms with Crippen LogP contribution in [0.1, 0.15) is 41.6 Å². The molecular weight excluding hydrogens is 264 g/mol. The van der Waals surface area contributed by atoms with Gasteiger partial charge < -0.3 is 14.7 Å². The molecule has 1 aromatic heterocycles. The van der Waals surface area contributed by atoms with Crippen molar-refractivity contribution in [2.24, 2.45) is 0 Å². The molecule has 1 aromatic rings. The Morgan fingerprint density at radius 3 is 3.00 bits per heavy atom. The van der Waals surface area contributed by atoms with Gasteiger partial charge in [-0.3, -0.25) is 0 Å². The molecule has 1 aliphatic heterocycles. The lowest BCUT2D eigenvalue weighted by atomic mass is 10.2. The maximum atomic E-state index is 11.2. The first kappa shape index (κ1) is 14.3. The molecule has 1 unspecified atom stereocenters. The summed E-state index contributed by atoms with van der Waals surface area (Å²) in [6.07, 6.45) is 4.04. The molecule has 106 valence electrons. The van der Waals surface area contributed by atoms with Crippen LogP contribution in [-0.2, 0) is 11.2 Å². The normalized spacial score (nSPS) is 18.7. The van der Waals surface area contributed by atoms with Crippen LogP contribution in [0.25, 0.3) is 0 Å². The van der Waals surface area contributed by atoms with Crippen molar-refractivity contribution in [1.29, 1.82) is 0 Å². The number of ether oxygens (including phenoxy) is 1. The molecule has 0 spiro atoms. The Kier molecular flexibility index (Phi) is 4.76. The summed E-state index contributed by atoms with van der Waals surface area (Å²) in [6.45, 7) is 3.64. The van der Waals surface area contributed by atoms with E-state index in [1.54, 1.807) is 0 Å². The van der Waals surface area contributed by atoms with E-state index in [2.05, 4.69) is 4.98 Å². The van der Waals surface area contributed by atoms with Crippen molar-refractivity contribution in [2.45, 2.75) is 38.7 Å². The van der Waals surface area contributed by atoms with Gasteiger partial charge in [0, 0.05) is 20.2 Å². The van der Waals surface area contributed by atoms with Gasteiger partial charge in [-0.15, -0.1) is 0 Å². The molecule has 1 fully saturated rings. The monoisotopic (exact) mass is 284 g/mol. The smallest absolute Gasteiger partial charge is 0.347 e. The lowest BCUT2D eigenvalue weighted by Crippen LogP contribution is -2.28. The third-order valence-corrected chi connectivity index (χ3v) is 4.40. The van der Waals surface area contributed by atoms with E-state index >= 15 is 0 Å². The number of rotatable bonds is 6. The second-order valence-corrected chi connectivity index (χ2v) is 5.82. The zero-order valence-electron chi connectivity index (χ0n) is 11.4. The number of hydrogen-bond acceptors (Lipinski definition) is 5. The summed E-state index contributed by atoms with van der Waals surface area (Å²) >= 11 is 1.26. The highest BCUT2D eigenvalue weighted by atomic mass is 32.1. The predicted octanol–water partition coefficient (Wildman–Crippen LogP) is 2.41. The van der Waals surface area contributed by atoms with Crippen LogP contribution in [0.4, 0.5) is 5.13 Å². The van der Waals surface area contributed by atoms with E-state index in [0.29, 0.717) is 17.0 Å². The molecule has 0 saturated carbocycles. The van der Waals surface area contributed by atoms with E-state index in [-0.39, 0.29) is 6.10 Å². The van der Waals surface area contributed by atoms with Gasteiger partial charge in [0.05, 0.1) is 11.8 Å². The summed E-state index contributed by atoms with van der Waals surface area (Å²) in [4.78, 5) is 18.1. The first-order chi connectivity index (χ1) is 9.11. The molecule has 6 heteroatoms. The van der Waals surface area contributed by atoms with Crippen molar-refractivity contribution in [3.05, 3.63) is 10.6 Å². The number of aromatic carboxylic acids is 1. The van der Waals surface area contributed by atoms with Crippen LogP contribution in [0, 0.1) is 0 Å². The Hall–Kier alpha value is -1.14. The maximum Gasteiger partial charge on any atom is 0.347 e. The van der Waals surface area contributed by atoms with E-state index < -0.39 is 5.97 Å². The molecule has 2 heterocycles. The molecule has 0 bridgehead atoms. The van der Waals surface area contributed by atoms with Gasteiger partial charge in [-0.1, -0.05) is 24.7 Å². The van der Waals surface area contributed by atoms with Gasteiger partial charge in [0.15, 0.2) is 5.13 Å². The molecule has 1 aliphatic rings. The van der Waals surface area contributed by atoms with Crippen molar-refractivity contribution in [2.75, 3.05) is 25.1 Å². The number of thiazole rings is 1. The maximum absolute atomic E-state index is 11.2. The average molecular weight is 284 g/mol. The first-order valence-corrected chi connectivity index (χ1v) is 7.49. The topological polar surface area (TPSA) is 62.7 Å². The van der Waals surface area contributed by atoms with E-state index in [0.717, 1.165) is 37.5 Å². The molecule has 2 rings (SSSR count). The van der Waals surface area contributed by atoms with Gasteiger partial charge in [0.2, 0.25) is 0 Å². The summed E-state index contributed by atoms with van der Waals surface area (Å²) in [5, 5.41) is 9.97. The van der Waals surface area contributed by atoms with Gasteiger partial charge >= 0.3 is 5.97 Å². The zero-order chi connectivity index (χ0) is 13.8. The van der Waals surface area contributed by atoms with Crippen molar-refractivity contribution in [3.63, 3.8) is 0 Å². The Bertz CT molecular complexity index is 441. The fraction of sp³-hybridized carbons (Fsp3) is 0.692. The Balaban J connectivity index is 2.09. The van der Waals surface area contributed by atoms with Crippen LogP contribution in [-0.4, -0.2) is 42.4 Å². The molecule has 1 N–H and O–H groups in total. The fourth-order valence-corrected chi connectivity index (χ4v) is 3.17. The average Bonchev–Trinajstić information content (AvgIpc) is 2.98. The largest absolute Gasteiger partial charge is 0.477 e. The Morgan fingerprint density at radius 2 is 2.42 bits per heavy atom. The van der Waals surface area contributed by atoms with Gasteiger partial charge in [0.1, 0.15) is 4.88 Å². The second-order valence-electron chi connectivity index (χ2n) is 4.84. The summed E-state index contributed by atoms with van der Waals surface area (Å²) in [7, 11) is 1.95.